The first-order valence-corrected chi connectivity index (χ1v) is 11.9. The van der Waals surface area contributed by atoms with Crippen LogP contribution in [0.3, 0.4) is 0 Å². The van der Waals surface area contributed by atoms with Crippen LogP contribution in [0.4, 0.5) is 0 Å². The average Bonchev–Trinajstić information content (AvgIpc) is 3.48. The summed E-state index contributed by atoms with van der Waals surface area (Å²) in [5, 5.41) is 5.48. The third-order valence-electron chi connectivity index (χ3n) is 6.71. The molecule has 5 rings (SSSR count). The standard InChI is InChI=1S/C26H27N3O2S/c1-15-16(2)28-22-9-8-18(12-21(15)22)13-27-26(31)25-24(19-10-11-29(14-19)17(3)30)20-6-4-5-7-23(20)32-25/h4-9,12,19,28H,10-11,13-14H2,1-3H3,(H,27,31). The molecule has 2 aromatic heterocycles. The van der Waals surface area contributed by atoms with Gasteiger partial charge in [-0.25, -0.2) is 0 Å². The van der Waals surface area contributed by atoms with Crippen LogP contribution in [0.5, 0.6) is 0 Å². The quantitative estimate of drug-likeness (QED) is 0.450. The fourth-order valence-electron chi connectivity index (χ4n) is 4.80. The Kier molecular flexibility index (Phi) is 5.25. The number of thiophene rings is 1. The maximum atomic E-state index is 13.3. The Hall–Kier alpha value is -3.12. The number of amides is 2. The first-order chi connectivity index (χ1) is 15.4. The number of H-pyrrole nitrogens is 1. The highest BCUT2D eigenvalue weighted by molar-refractivity contribution is 7.21. The number of hydrogen-bond donors (Lipinski definition) is 2. The zero-order chi connectivity index (χ0) is 22.4. The molecule has 5 nitrogen and oxygen atoms in total. The van der Waals surface area contributed by atoms with Gasteiger partial charge < -0.3 is 15.2 Å². The second kappa shape index (κ2) is 8.10. The van der Waals surface area contributed by atoms with Crippen molar-refractivity contribution in [1.82, 2.24) is 15.2 Å². The summed E-state index contributed by atoms with van der Waals surface area (Å²) in [6, 6.07) is 14.5. The van der Waals surface area contributed by atoms with E-state index >= 15 is 0 Å². The molecule has 2 amide bonds. The number of hydrogen-bond acceptors (Lipinski definition) is 3. The lowest BCUT2D eigenvalue weighted by Crippen LogP contribution is -2.26. The van der Waals surface area contributed by atoms with Crippen molar-refractivity contribution < 1.29 is 9.59 Å². The molecule has 0 spiro atoms. The number of rotatable bonds is 4. The number of nitrogens with zero attached hydrogens (tertiary/aromatic N) is 1. The van der Waals surface area contributed by atoms with Crippen LogP contribution < -0.4 is 5.32 Å². The van der Waals surface area contributed by atoms with Crippen LogP contribution in [-0.4, -0.2) is 34.8 Å². The molecule has 1 aliphatic rings. The molecular weight excluding hydrogens is 418 g/mol. The van der Waals surface area contributed by atoms with E-state index in [1.165, 1.54) is 16.6 Å². The normalized spacial score (nSPS) is 16.2. The van der Waals surface area contributed by atoms with E-state index in [2.05, 4.69) is 54.5 Å². The fraction of sp³-hybridized carbons (Fsp3) is 0.308. The van der Waals surface area contributed by atoms with Crippen molar-refractivity contribution in [3.8, 4) is 0 Å². The lowest BCUT2D eigenvalue weighted by Gasteiger charge is -2.15. The van der Waals surface area contributed by atoms with Crippen molar-refractivity contribution in [1.29, 1.82) is 0 Å². The zero-order valence-corrected chi connectivity index (χ0v) is 19.4. The second-order valence-corrected chi connectivity index (χ2v) is 9.78. The first kappa shape index (κ1) is 20.8. The van der Waals surface area contributed by atoms with E-state index in [9.17, 15) is 9.59 Å². The molecular formula is C26H27N3O2S. The predicted molar refractivity (Wildman–Crippen MR) is 130 cm³/mol. The number of aromatic nitrogens is 1. The Bertz CT molecular complexity index is 1350. The highest BCUT2D eigenvalue weighted by Gasteiger charge is 2.31. The van der Waals surface area contributed by atoms with Gasteiger partial charge in [0, 0.05) is 53.8 Å². The molecule has 0 radical (unpaired) electrons. The lowest BCUT2D eigenvalue weighted by atomic mass is 9.95. The van der Waals surface area contributed by atoms with Gasteiger partial charge in [0.25, 0.3) is 5.91 Å². The van der Waals surface area contributed by atoms with Gasteiger partial charge in [-0.2, -0.15) is 0 Å². The molecule has 0 bridgehead atoms. The van der Waals surface area contributed by atoms with Crippen molar-refractivity contribution in [3.05, 3.63) is 69.7 Å². The Morgan fingerprint density at radius 1 is 1.16 bits per heavy atom. The van der Waals surface area contributed by atoms with E-state index in [-0.39, 0.29) is 17.7 Å². The molecule has 3 heterocycles. The van der Waals surface area contributed by atoms with Gasteiger partial charge in [-0.15, -0.1) is 11.3 Å². The summed E-state index contributed by atoms with van der Waals surface area (Å²) >= 11 is 1.55. The summed E-state index contributed by atoms with van der Waals surface area (Å²) in [6.07, 6.45) is 0.892. The van der Waals surface area contributed by atoms with E-state index in [1.54, 1.807) is 18.3 Å². The fourth-order valence-corrected chi connectivity index (χ4v) is 6.01. The number of aromatic amines is 1. The van der Waals surface area contributed by atoms with E-state index in [4.69, 9.17) is 0 Å². The molecule has 1 unspecified atom stereocenters. The maximum absolute atomic E-state index is 13.3. The van der Waals surface area contributed by atoms with E-state index < -0.39 is 0 Å². The molecule has 6 heteroatoms. The molecule has 164 valence electrons. The minimum absolute atomic E-state index is 0.0375. The number of likely N-dealkylation sites (tertiary alicyclic amines) is 1. The van der Waals surface area contributed by atoms with Crippen LogP contribution in [0.1, 0.15) is 51.3 Å². The molecule has 0 aliphatic carbocycles. The van der Waals surface area contributed by atoms with Crippen LogP contribution in [0.15, 0.2) is 42.5 Å². The van der Waals surface area contributed by atoms with Crippen molar-refractivity contribution in [2.75, 3.05) is 13.1 Å². The van der Waals surface area contributed by atoms with Crippen molar-refractivity contribution in [2.24, 2.45) is 0 Å². The van der Waals surface area contributed by atoms with Gasteiger partial charge in [0.05, 0.1) is 4.88 Å². The second-order valence-electron chi connectivity index (χ2n) is 8.73. The molecule has 4 aromatic rings. The van der Waals surface area contributed by atoms with Crippen molar-refractivity contribution >= 4 is 44.1 Å². The summed E-state index contributed by atoms with van der Waals surface area (Å²) in [7, 11) is 0. The van der Waals surface area contributed by atoms with Crippen LogP contribution in [-0.2, 0) is 11.3 Å². The summed E-state index contributed by atoms with van der Waals surface area (Å²) in [6.45, 7) is 7.73. The van der Waals surface area contributed by atoms with Gasteiger partial charge in [-0.3, -0.25) is 9.59 Å². The van der Waals surface area contributed by atoms with Crippen LogP contribution in [0.2, 0.25) is 0 Å². The number of carbonyl (C=O) groups excluding carboxylic acids is 2. The Balaban J connectivity index is 1.42. The van der Waals surface area contributed by atoms with Gasteiger partial charge in [-0.05, 0) is 60.5 Å². The Morgan fingerprint density at radius 2 is 1.97 bits per heavy atom. The van der Waals surface area contributed by atoms with Crippen molar-refractivity contribution in [2.45, 2.75) is 39.7 Å². The number of carbonyl (C=O) groups is 2. The smallest absolute Gasteiger partial charge is 0.261 e. The van der Waals surface area contributed by atoms with Gasteiger partial charge in [0.2, 0.25) is 5.91 Å². The molecule has 32 heavy (non-hydrogen) atoms. The highest BCUT2D eigenvalue weighted by Crippen LogP contribution is 2.40. The van der Waals surface area contributed by atoms with E-state index in [1.807, 2.05) is 17.0 Å². The monoisotopic (exact) mass is 445 g/mol. The van der Waals surface area contributed by atoms with E-state index in [0.29, 0.717) is 13.1 Å². The predicted octanol–water partition coefficient (Wildman–Crippen LogP) is 5.27. The minimum Gasteiger partial charge on any atom is -0.358 e. The Morgan fingerprint density at radius 3 is 2.75 bits per heavy atom. The third-order valence-corrected chi connectivity index (χ3v) is 7.89. The number of aryl methyl sites for hydroxylation is 2. The van der Waals surface area contributed by atoms with Crippen LogP contribution in [0.25, 0.3) is 21.0 Å². The Labute approximate surface area is 191 Å². The first-order valence-electron chi connectivity index (χ1n) is 11.1. The molecule has 1 fully saturated rings. The largest absolute Gasteiger partial charge is 0.358 e. The molecule has 2 N–H and O–H groups in total. The van der Waals surface area contributed by atoms with Crippen molar-refractivity contribution in [3.63, 3.8) is 0 Å². The minimum atomic E-state index is -0.0375. The van der Waals surface area contributed by atoms with Gasteiger partial charge in [-0.1, -0.05) is 24.3 Å². The summed E-state index contributed by atoms with van der Waals surface area (Å²) in [5.41, 5.74) is 5.72. The SMILES string of the molecule is CC(=O)N1CCC(c2c(C(=O)NCc3ccc4[nH]c(C)c(C)c4c3)sc3ccccc23)C1. The van der Waals surface area contributed by atoms with Gasteiger partial charge >= 0.3 is 0 Å². The average molecular weight is 446 g/mol. The third kappa shape index (κ3) is 3.58. The zero-order valence-electron chi connectivity index (χ0n) is 18.6. The number of nitrogens with one attached hydrogen (secondary N) is 2. The summed E-state index contributed by atoms with van der Waals surface area (Å²) < 4.78 is 1.12. The summed E-state index contributed by atoms with van der Waals surface area (Å²) in [4.78, 5) is 31.3. The van der Waals surface area contributed by atoms with Crippen LogP contribution >= 0.6 is 11.3 Å². The number of benzene rings is 2. The van der Waals surface area contributed by atoms with Gasteiger partial charge in [0.15, 0.2) is 0 Å². The molecule has 1 saturated heterocycles. The summed E-state index contributed by atoms with van der Waals surface area (Å²) in [5.74, 6) is 0.255. The molecule has 2 aromatic carbocycles. The maximum Gasteiger partial charge on any atom is 0.261 e. The molecule has 1 aliphatic heterocycles. The van der Waals surface area contributed by atoms with Crippen LogP contribution in [0, 0.1) is 13.8 Å². The molecule has 1 atom stereocenters. The van der Waals surface area contributed by atoms with Gasteiger partial charge in [0.1, 0.15) is 0 Å². The number of fused-ring (bicyclic) bond motifs is 2. The lowest BCUT2D eigenvalue weighted by molar-refractivity contribution is -0.127. The van der Waals surface area contributed by atoms with E-state index in [0.717, 1.165) is 44.6 Å². The molecule has 0 saturated carbocycles. The highest BCUT2D eigenvalue weighted by atomic mass is 32.1. The topological polar surface area (TPSA) is 65.2 Å².